The average molecular weight is 505 g/mol. The standard InChI is InChI=1S/C28H25ClN2O5/c1-3-35-28(34)31(24-11-7-6-10-23(24)29)26-18(2)30-36-27(26)20-14-12-19(13-15-20)16-21-8-4-5-9-22(21)17-25(32)33/h4-15H,3,16-17H2,1-2H3,(H,32,33). The molecule has 1 N–H and O–H groups in total. The summed E-state index contributed by atoms with van der Waals surface area (Å²) in [7, 11) is 0. The fraction of sp³-hybridized carbons (Fsp3) is 0.179. The monoisotopic (exact) mass is 504 g/mol. The van der Waals surface area contributed by atoms with Gasteiger partial charge in [-0.05, 0) is 49.1 Å². The number of anilines is 2. The molecule has 0 saturated heterocycles. The van der Waals surface area contributed by atoms with E-state index < -0.39 is 12.1 Å². The molecule has 0 radical (unpaired) electrons. The number of carboxylic acid groups (broad SMARTS) is 1. The van der Waals surface area contributed by atoms with Crippen molar-refractivity contribution in [2.75, 3.05) is 11.5 Å². The van der Waals surface area contributed by atoms with Crippen molar-refractivity contribution in [3.63, 3.8) is 0 Å². The van der Waals surface area contributed by atoms with Crippen molar-refractivity contribution < 1.29 is 24.0 Å². The van der Waals surface area contributed by atoms with E-state index in [-0.39, 0.29) is 13.0 Å². The average Bonchev–Trinajstić information content (AvgIpc) is 3.23. The van der Waals surface area contributed by atoms with E-state index in [2.05, 4.69) is 5.16 Å². The topological polar surface area (TPSA) is 92.9 Å². The minimum atomic E-state index is -0.865. The third-order valence-corrected chi connectivity index (χ3v) is 5.99. The molecule has 4 rings (SSSR count). The number of hydrogen-bond acceptors (Lipinski definition) is 5. The highest BCUT2D eigenvalue weighted by atomic mass is 35.5. The maximum absolute atomic E-state index is 13.0. The van der Waals surface area contributed by atoms with Gasteiger partial charge >= 0.3 is 12.1 Å². The van der Waals surface area contributed by atoms with E-state index in [1.54, 1.807) is 38.1 Å². The summed E-state index contributed by atoms with van der Waals surface area (Å²) in [4.78, 5) is 25.6. The Morgan fingerprint density at radius 2 is 1.67 bits per heavy atom. The van der Waals surface area contributed by atoms with Crippen molar-refractivity contribution in [3.8, 4) is 11.3 Å². The number of aromatic nitrogens is 1. The number of hydrogen-bond donors (Lipinski definition) is 1. The molecule has 1 heterocycles. The van der Waals surface area contributed by atoms with Crippen LogP contribution in [0.4, 0.5) is 16.2 Å². The molecule has 0 aliphatic heterocycles. The lowest BCUT2D eigenvalue weighted by atomic mass is 9.97. The molecule has 0 aliphatic carbocycles. The Hall–Kier alpha value is -4.10. The fourth-order valence-electron chi connectivity index (χ4n) is 4.01. The van der Waals surface area contributed by atoms with Crippen LogP contribution in [0.2, 0.25) is 5.02 Å². The summed E-state index contributed by atoms with van der Waals surface area (Å²) < 4.78 is 11.0. The molecule has 36 heavy (non-hydrogen) atoms. The molecule has 3 aromatic carbocycles. The second-order valence-electron chi connectivity index (χ2n) is 8.14. The Bertz CT molecular complexity index is 1380. The zero-order chi connectivity index (χ0) is 25.7. The molecule has 0 bridgehead atoms. The first-order valence-corrected chi connectivity index (χ1v) is 11.8. The van der Waals surface area contributed by atoms with Crippen LogP contribution in [0.5, 0.6) is 0 Å². The van der Waals surface area contributed by atoms with Gasteiger partial charge in [0.1, 0.15) is 11.4 Å². The number of halogens is 1. The van der Waals surface area contributed by atoms with Gasteiger partial charge in [0.05, 0.1) is 23.7 Å². The number of nitrogens with zero attached hydrogens (tertiary/aromatic N) is 2. The van der Waals surface area contributed by atoms with E-state index in [0.29, 0.717) is 34.3 Å². The van der Waals surface area contributed by atoms with Crippen LogP contribution in [-0.4, -0.2) is 28.9 Å². The van der Waals surface area contributed by atoms with Gasteiger partial charge in [0, 0.05) is 5.56 Å². The molecule has 4 aromatic rings. The van der Waals surface area contributed by atoms with Gasteiger partial charge in [-0.3, -0.25) is 4.79 Å². The first kappa shape index (κ1) is 25.0. The predicted octanol–water partition coefficient (Wildman–Crippen LogP) is 6.82. The van der Waals surface area contributed by atoms with E-state index in [1.165, 1.54) is 4.90 Å². The zero-order valence-electron chi connectivity index (χ0n) is 19.9. The Balaban J connectivity index is 1.69. The second-order valence-corrected chi connectivity index (χ2v) is 8.55. The number of benzene rings is 3. The van der Waals surface area contributed by atoms with Crippen molar-refractivity contribution >= 4 is 35.0 Å². The van der Waals surface area contributed by atoms with Gasteiger partial charge in [-0.2, -0.15) is 0 Å². The molecule has 0 saturated carbocycles. The third kappa shape index (κ3) is 5.42. The van der Waals surface area contributed by atoms with Crippen LogP contribution in [0.1, 0.15) is 29.3 Å². The molecule has 0 spiro atoms. The SMILES string of the molecule is CCOC(=O)N(c1ccccc1Cl)c1c(C)noc1-c1ccc(Cc2ccccc2CC(=O)O)cc1. The first-order chi connectivity index (χ1) is 17.4. The van der Waals surface area contributed by atoms with Crippen LogP contribution in [-0.2, 0) is 22.4 Å². The zero-order valence-corrected chi connectivity index (χ0v) is 20.7. The van der Waals surface area contributed by atoms with Gasteiger partial charge in [-0.1, -0.05) is 77.4 Å². The number of rotatable bonds is 8. The highest BCUT2D eigenvalue weighted by Crippen LogP contribution is 2.41. The number of amides is 1. The minimum absolute atomic E-state index is 0.0271. The molecule has 0 aliphatic rings. The fourth-order valence-corrected chi connectivity index (χ4v) is 4.23. The van der Waals surface area contributed by atoms with Crippen LogP contribution < -0.4 is 4.90 Å². The van der Waals surface area contributed by atoms with Crippen molar-refractivity contribution in [2.45, 2.75) is 26.7 Å². The third-order valence-electron chi connectivity index (χ3n) is 5.67. The maximum Gasteiger partial charge on any atom is 0.419 e. The molecule has 8 heteroatoms. The molecule has 7 nitrogen and oxygen atoms in total. The second kappa shape index (κ2) is 11.1. The van der Waals surface area contributed by atoms with Crippen molar-refractivity contribution in [2.24, 2.45) is 0 Å². The molecule has 1 aromatic heterocycles. The summed E-state index contributed by atoms with van der Waals surface area (Å²) in [6, 6.07) is 22.2. The van der Waals surface area contributed by atoms with E-state index in [1.807, 2.05) is 48.5 Å². The number of carbonyl (C=O) groups excluding carboxylic acids is 1. The molecule has 1 amide bonds. The normalized spacial score (nSPS) is 10.8. The summed E-state index contributed by atoms with van der Waals surface area (Å²) in [6.45, 7) is 3.67. The van der Waals surface area contributed by atoms with Crippen LogP contribution in [0, 0.1) is 6.92 Å². The van der Waals surface area contributed by atoms with Crippen molar-refractivity contribution in [1.82, 2.24) is 5.16 Å². The number of carboxylic acids is 1. The van der Waals surface area contributed by atoms with Crippen molar-refractivity contribution in [1.29, 1.82) is 0 Å². The summed E-state index contributed by atoms with van der Waals surface area (Å²) in [5.41, 5.74) is 4.86. The van der Waals surface area contributed by atoms with E-state index >= 15 is 0 Å². The summed E-state index contributed by atoms with van der Waals surface area (Å²) in [5, 5.41) is 13.7. The number of aliphatic carboxylic acids is 1. The molecular formula is C28H25ClN2O5. The molecule has 0 atom stereocenters. The minimum Gasteiger partial charge on any atom is -0.481 e. The Labute approximate surface area is 213 Å². The quantitative estimate of drug-likeness (QED) is 0.283. The van der Waals surface area contributed by atoms with Gasteiger partial charge in [-0.25, -0.2) is 9.69 Å². The Morgan fingerprint density at radius 3 is 2.33 bits per heavy atom. The van der Waals surface area contributed by atoms with Crippen LogP contribution in [0.3, 0.4) is 0 Å². The predicted molar refractivity (Wildman–Crippen MR) is 138 cm³/mol. The number of ether oxygens (including phenoxy) is 1. The van der Waals surface area contributed by atoms with Crippen molar-refractivity contribution in [3.05, 3.63) is 100 Å². The highest BCUT2D eigenvalue weighted by Gasteiger charge is 2.29. The molecule has 0 unspecified atom stereocenters. The van der Waals surface area contributed by atoms with Gasteiger partial charge in [0.2, 0.25) is 0 Å². The number of aryl methyl sites for hydroxylation is 1. The first-order valence-electron chi connectivity index (χ1n) is 11.4. The van der Waals surface area contributed by atoms with Gasteiger partial charge in [-0.15, -0.1) is 0 Å². The Kier molecular flexibility index (Phi) is 7.71. The summed E-state index contributed by atoms with van der Waals surface area (Å²) in [5.74, 6) is -0.464. The lowest BCUT2D eigenvalue weighted by Crippen LogP contribution is -2.27. The van der Waals surface area contributed by atoms with Gasteiger partial charge < -0.3 is 14.4 Å². The maximum atomic E-state index is 13.0. The van der Waals surface area contributed by atoms with E-state index in [4.69, 9.17) is 20.9 Å². The highest BCUT2D eigenvalue weighted by molar-refractivity contribution is 6.34. The smallest absolute Gasteiger partial charge is 0.419 e. The van der Waals surface area contributed by atoms with Gasteiger partial charge in [0.25, 0.3) is 0 Å². The lowest BCUT2D eigenvalue weighted by Gasteiger charge is -2.23. The van der Waals surface area contributed by atoms with E-state index in [0.717, 1.165) is 22.3 Å². The largest absolute Gasteiger partial charge is 0.481 e. The lowest BCUT2D eigenvalue weighted by molar-refractivity contribution is -0.136. The van der Waals surface area contributed by atoms with Crippen LogP contribution >= 0.6 is 11.6 Å². The van der Waals surface area contributed by atoms with E-state index in [9.17, 15) is 14.7 Å². The molecule has 0 fully saturated rings. The number of para-hydroxylation sites is 1. The molecule has 184 valence electrons. The number of carbonyl (C=O) groups is 2. The van der Waals surface area contributed by atoms with Crippen LogP contribution in [0.15, 0.2) is 77.3 Å². The Morgan fingerprint density at radius 1 is 1.00 bits per heavy atom. The summed E-state index contributed by atoms with van der Waals surface area (Å²) in [6.07, 6.45) is -0.0359. The summed E-state index contributed by atoms with van der Waals surface area (Å²) >= 11 is 6.44. The van der Waals surface area contributed by atoms with Crippen LogP contribution in [0.25, 0.3) is 11.3 Å². The van der Waals surface area contributed by atoms with Gasteiger partial charge in [0.15, 0.2) is 5.76 Å². The molecular weight excluding hydrogens is 480 g/mol.